The van der Waals surface area contributed by atoms with E-state index in [1.807, 2.05) is 0 Å². The minimum Gasteiger partial charge on any atom is -0.0645 e. The third kappa shape index (κ3) is 2.48. The summed E-state index contributed by atoms with van der Waals surface area (Å²) in [5.41, 5.74) is 3.36. The van der Waals surface area contributed by atoms with Gasteiger partial charge in [0.25, 0.3) is 0 Å². The Bertz CT molecular complexity index is 293. The highest BCUT2D eigenvalue weighted by molar-refractivity contribution is 5.30. The highest BCUT2D eigenvalue weighted by Gasteiger charge is 2.25. The molecule has 0 fully saturated rings. The van der Waals surface area contributed by atoms with Gasteiger partial charge in [-0.25, -0.2) is 0 Å². The van der Waals surface area contributed by atoms with Crippen LogP contribution in [0, 0.1) is 0 Å². The Hall–Kier alpha value is -0.780. The highest BCUT2D eigenvalue weighted by atomic mass is 14.3. The van der Waals surface area contributed by atoms with E-state index in [-0.39, 0.29) is 0 Å². The number of hydrogen-bond donors (Lipinski definition) is 0. The molecule has 0 aromatic heterocycles. The highest BCUT2D eigenvalue weighted by Crippen LogP contribution is 2.35. The van der Waals surface area contributed by atoms with Crippen LogP contribution in [0.15, 0.2) is 24.3 Å². The van der Waals surface area contributed by atoms with Gasteiger partial charge in [-0.1, -0.05) is 58.9 Å². The normalized spacial score (nSPS) is 12.1. The molecule has 90 valence electrons. The molecule has 1 aromatic carbocycles. The van der Waals surface area contributed by atoms with Crippen molar-refractivity contribution in [2.45, 2.75) is 65.2 Å². The summed E-state index contributed by atoms with van der Waals surface area (Å²) in [6, 6.07) is 9.28. The van der Waals surface area contributed by atoms with E-state index < -0.39 is 0 Å². The molecule has 0 radical (unpaired) electrons. The molecule has 1 rings (SSSR count). The van der Waals surface area contributed by atoms with Crippen molar-refractivity contribution < 1.29 is 0 Å². The zero-order chi connectivity index (χ0) is 12.2. The molecule has 0 heteroatoms. The molecule has 0 bridgehead atoms. The monoisotopic (exact) mass is 218 g/mol. The van der Waals surface area contributed by atoms with Gasteiger partial charge in [0, 0.05) is 0 Å². The fraction of sp³-hybridized carbons (Fsp3) is 0.625. The summed E-state index contributed by atoms with van der Waals surface area (Å²) in [4.78, 5) is 0. The fourth-order valence-electron chi connectivity index (χ4n) is 2.58. The average Bonchev–Trinajstić information content (AvgIpc) is 2.33. The lowest BCUT2D eigenvalue weighted by molar-refractivity contribution is 0.381. The molecule has 0 saturated carbocycles. The molecule has 0 N–H and O–H groups in total. The van der Waals surface area contributed by atoms with Crippen molar-refractivity contribution >= 4 is 0 Å². The quantitative estimate of drug-likeness (QED) is 0.631. The first-order valence-corrected chi connectivity index (χ1v) is 6.70. The predicted octanol–water partition coefficient (Wildman–Crippen LogP) is 5.28. The Morgan fingerprint density at radius 1 is 0.875 bits per heavy atom. The van der Waals surface area contributed by atoms with E-state index in [0.29, 0.717) is 11.3 Å². The smallest absolute Gasteiger partial charge is 0.00548 e. The van der Waals surface area contributed by atoms with Gasteiger partial charge in [0.1, 0.15) is 0 Å². The molecular weight excluding hydrogens is 192 g/mol. The minimum absolute atomic E-state index is 0.398. The van der Waals surface area contributed by atoms with Gasteiger partial charge >= 0.3 is 0 Å². The van der Waals surface area contributed by atoms with E-state index in [9.17, 15) is 0 Å². The standard InChI is InChI=1S/C16H26/c1-6-16(7-2,8-3)15-11-9-14(10-12-15)13(4)5/h9-13H,6-8H2,1-5H3. The van der Waals surface area contributed by atoms with E-state index in [0.717, 1.165) is 0 Å². The van der Waals surface area contributed by atoms with Crippen molar-refractivity contribution in [1.82, 2.24) is 0 Å². The molecule has 0 spiro atoms. The van der Waals surface area contributed by atoms with Crippen molar-refractivity contribution in [3.63, 3.8) is 0 Å². The van der Waals surface area contributed by atoms with E-state index in [4.69, 9.17) is 0 Å². The molecule has 0 aliphatic rings. The molecule has 0 saturated heterocycles. The zero-order valence-corrected chi connectivity index (χ0v) is 11.5. The van der Waals surface area contributed by atoms with Crippen LogP contribution in [0.5, 0.6) is 0 Å². The Morgan fingerprint density at radius 3 is 1.62 bits per heavy atom. The summed E-state index contributed by atoms with van der Waals surface area (Å²) in [7, 11) is 0. The maximum Gasteiger partial charge on any atom is -0.00548 e. The maximum atomic E-state index is 2.34. The predicted molar refractivity (Wildman–Crippen MR) is 73.1 cm³/mol. The van der Waals surface area contributed by atoms with Gasteiger partial charge < -0.3 is 0 Å². The first-order chi connectivity index (χ1) is 7.59. The maximum absolute atomic E-state index is 2.34. The molecule has 16 heavy (non-hydrogen) atoms. The lowest BCUT2D eigenvalue weighted by Gasteiger charge is -2.31. The Kier molecular flexibility index (Phi) is 4.58. The van der Waals surface area contributed by atoms with Gasteiger partial charge in [-0.3, -0.25) is 0 Å². The van der Waals surface area contributed by atoms with Crippen LogP contribution < -0.4 is 0 Å². The van der Waals surface area contributed by atoms with Crippen LogP contribution in [0.25, 0.3) is 0 Å². The summed E-state index contributed by atoms with van der Waals surface area (Å²) >= 11 is 0. The molecule has 1 aromatic rings. The Morgan fingerprint density at radius 2 is 1.31 bits per heavy atom. The molecule has 0 heterocycles. The molecule has 0 atom stereocenters. The lowest BCUT2D eigenvalue weighted by Crippen LogP contribution is -2.23. The lowest BCUT2D eigenvalue weighted by atomic mass is 9.73. The largest absolute Gasteiger partial charge is 0.0645 e. The van der Waals surface area contributed by atoms with E-state index in [2.05, 4.69) is 58.9 Å². The van der Waals surface area contributed by atoms with Gasteiger partial charge in [-0.05, 0) is 41.7 Å². The van der Waals surface area contributed by atoms with Crippen molar-refractivity contribution in [2.24, 2.45) is 0 Å². The molecular formula is C16H26. The summed E-state index contributed by atoms with van der Waals surface area (Å²) in [6.45, 7) is 11.4. The average molecular weight is 218 g/mol. The molecule has 0 unspecified atom stereocenters. The van der Waals surface area contributed by atoms with Crippen LogP contribution in [0.3, 0.4) is 0 Å². The van der Waals surface area contributed by atoms with Crippen LogP contribution in [-0.2, 0) is 5.41 Å². The minimum atomic E-state index is 0.398. The number of hydrogen-bond acceptors (Lipinski definition) is 0. The van der Waals surface area contributed by atoms with E-state index in [1.165, 1.54) is 30.4 Å². The van der Waals surface area contributed by atoms with Crippen LogP contribution in [0.1, 0.15) is 70.9 Å². The van der Waals surface area contributed by atoms with E-state index in [1.54, 1.807) is 0 Å². The van der Waals surface area contributed by atoms with E-state index >= 15 is 0 Å². The Balaban J connectivity index is 3.03. The van der Waals surface area contributed by atoms with Crippen molar-refractivity contribution in [2.75, 3.05) is 0 Å². The third-order valence-electron chi connectivity index (χ3n) is 4.22. The number of benzene rings is 1. The molecule has 0 amide bonds. The van der Waals surface area contributed by atoms with Gasteiger partial charge in [0.2, 0.25) is 0 Å². The van der Waals surface area contributed by atoms with Crippen molar-refractivity contribution in [1.29, 1.82) is 0 Å². The van der Waals surface area contributed by atoms with Crippen LogP contribution in [0.4, 0.5) is 0 Å². The summed E-state index contributed by atoms with van der Waals surface area (Å²) in [5.74, 6) is 0.633. The summed E-state index contributed by atoms with van der Waals surface area (Å²) in [5, 5.41) is 0. The van der Waals surface area contributed by atoms with Crippen LogP contribution in [0.2, 0.25) is 0 Å². The third-order valence-corrected chi connectivity index (χ3v) is 4.22. The summed E-state index contributed by atoms with van der Waals surface area (Å²) in [6.07, 6.45) is 3.71. The molecule has 0 aliphatic heterocycles. The van der Waals surface area contributed by atoms with Crippen molar-refractivity contribution in [3.8, 4) is 0 Å². The molecule has 0 aliphatic carbocycles. The fourth-order valence-corrected chi connectivity index (χ4v) is 2.58. The first kappa shape index (κ1) is 13.3. The second kappa shape index (κ2) is 5.52. The molecule has 0 nitrogen and oxygen atoms in total. The van der Waals surface area contributed by atoms with Crippen LogP contribution in [-0.4, -0.2) is 0 Å². The van der Waals surface area contributed by atoms with Gasteiger partial charge in [-0.15, -0.1) is 0 Å². The summed E-state index contributed by atoms with van der Waals surface area (Å²) < 4.78 is 0. The Labute approximate surface area is 101 Å². The first-order valence-electron chi connectivity index (χ1n) is 6.70. The van der Waals surface area contributed by atoms with Gasteiger partial charge in [0.15, 0.2) is 0 Å². The van der Waals surface area contributed by atoms with Gasteiger partial charge in [-0.2, -0.15) is 0 Å². The second-order valence-corrected chi connectivity index (χ2v) is 5.12. The SMILES string of the molecule is CCC(CC)(CC)c1ccc(C(C)C)cc1. The van der Waals surface area contributed by atoms with Crippen molar-refractivity contribution in [3.05, 3.63) is 35.4 Å². The number of rotatable bonds is 5. The zero-order valence-electron chi connectivity index (χ0n) is 11.5. The topological polar surface area (TPSA) is 0 Å². The second-order valence-electron chi connectivity index (χ2n) is 5.12. The van der Waals surface area contributed by atoms with Gasteiger partial charge in [0.05, 0.1) is 0 Å². The van der Waals surface area contributed by atoms with Crippen LogP contribution >= 0.6 is 0 Å².